The number of rotatable bonds is 31. The zero-order valence-electron chi connectivity index (χ0n) is 27.0. The molecule has 0 atom stereocenters. The summed E-state index contributed by atoms with van der Waals surface area (Å²) in [5.41, 5.74) is 0. The van der Waals surface area contributed by atoms with E-state index in [1.165, 1.54) is 0 Å². The summed E-state index contributed by atoms with van der Waals surface area (Å²) in [5.74, 6) is 2.88. The van der Waals surface area contributed by atoms with E-state index in [0.717, 1.165) is 47.9 Å². The van der Waals surface area contributed by atoms with Crippen molar-refractivity contribution in [3.63, 3.8) is 0 Å². The number of thioether (sulfide) groups is 2. The molecule has 0 aliphatic heterocycles. The van der Waals surface area contributed by atoms with Crippen LogP contribution in [-0.4, -0.2) is 105 Å². The Labute approximate surface area is 266 Å². The summed E-state index contributed by atoms with van der Waals surface area (Å²) in [6, 6.07) is 1.56. The van der Waals surface area contributed by atoms with Gasteiger partial charge in [0.25, 0.3) is 0 Å². The molecule has 0 unspecified atom stereocenters. The van der Waals surface area contributed by atoms with Gasteiger partial charge in [-0.2, -0.15) is 23.5 Å². The van der Waals surface area contributed by atoms with Gasteiger partial charge in [-0.3, -0.25) is 9.59 Å². The predicted octanol–water partition coefficient (Wildman–Crippen LogP) is 5.98. The van der Waals surface area contributed by atoms with Crippen LogP contribution in [0.4, 0.5) is 0 Å². The third kappa shape index (κ3) is 21.5. The minimum absolute atomic E-state index is 0.193. The van der Waals surface area contributed by atoms with Crippen LogP contribution in [0.1, 0.15) is 80.1 Å². The number of carbonyl (C=O) groups excluding carboxylic acids is 2. The second kappa shape index (κ2) is 28.3. The number of carbonyl (C=O) groups is 2. The van der Waals surface area contributed by atoms with Gasteiger partial charge >= 0.3 is 29.5 Å². The molecule has 0 aromatic rings. The van der Waals surface area contributed by atoms with Gasteiger partial charge < -0.3 is 36.0 Å². The van der Waals surface area contributed by atoms with E-state index in [9.17, 15) is 9.59 Å². The molecule has 0 aliphatic carbocycles. The van der Waals surface area contributed by atoms with Crippen molar-refractivity contribution >= 4 is 53.1 Å². The Balaban J connectivity index is 3.80. The van der Waals surface area contributed by atoms with Crippen molar-refractivity contribution in [1.82, 2.24) is 0 Å². The largest absolute Gasteiger partial charge is 0.500 e. The maximum atomic E-state index is 12.0. The fraction of sp³-hybridized carbons (Fsp3) is 0.929. The molecule has 0 amide bonds. The molecule has 0 fully saturated rings. The topological polar surface area (TPSA) is 108 Å². The average Bonchev–Trinajstić information content (AvgIpc) is 2.95. The van der Waals surface area contributed by atoms with E-state index in [-0.39, 0.29) is 11.9 Å². The standard InChI is InChI=1S/C28H58O10S2Si2/c1-7-33-41(34-8-2,35-9-3)25-15-21-39-23-17-27(29)31-19-13-14-20-32-28(30)18-24-40-22-16-26-42(36-10-4,37-11-5)38-12-6/h7-26H2,1-6H3. The highest BCUT2D eigenvalue weighted by Crippen LogP contribution is 2.21. The van der Waals surface area contributed by atoms with Crippen LogP contribution >= 0.6 is 23.5 Å². The highest BCUT2D eigenvalue weighted by atomic mass is 32.2. The molecular formula is C28H58O10S2Si2. The van der Waals surface area contributed by atoms with Crippen LogP contribution < -0.4 is 0 Å². The maximum Gasteiger partial charge on any atom is 0.500 e. The number of ether oxygens (including phenoxy) is 2. The molecule has 0 bridgehead atoms. The van der Waals surface area contributed by atoms with Crippen molar-refractivity contribution in [3.05, 3.63) is 0 Å². The van der Waals surface area contributed by atoms with Crippen molar-refractivity contribution in [1.29, 1.82) is 0 Å². The van der Waals surface area contributed by atoms with E-state index in [0.29, 0.717) is 78.5 Å². The summed E-state index contributed by atoms with van der Waals surface area (Å²) in [5, 5.41) is 0. The Morgan fingerprint density at radius 2 is 0.786 bits per heavy atom. The molecule has 0 N–H and O–H groups in total. The van der Waals surface area contributed by atoms with Crippen LogP contribution in [0.15, 0.2) is 0 Å². The first kappa shape index (κ1) is 41.8. The Morgan fingerprint density at radius 1 is 0.476 bits per heavy atom. The molecular weight excluding hydrogens is 617 g/mol. The molecule has 10 nitrogen and oxygen atoms in total. The summed E-state index contributed by atoms with van der Waals surface area (Å²) in [7, 11) is -5.17. The van der Waals surface area contributed by atoms with Crippen molar-refractivity contribution in [3.8, 4) is 0 Å². The number of hydrogen-bond acceptors (Lipinski definition) is 12. The lowest BCUT2D eigenvalue weighted by Crippen LogP contribution is -2.46. The normalized spacial score (nSPS) is 12.0. The second-order valence-corrected chi connectivity index (χ2v) is 17.0. The minimum atomic E-state index is -2.59. The summed E-state index contributed by atoms with van der Waals surface area (Å²) in [4.78, 5) is 24.0. The maximum absolute atomic E-state index is 12.0. The van der Waals surface area contributed by atoms with E-state index in [1.807, 2.05) is 41.5 Å². The molecule has 0 heterocycles. The van der Waals surface area contributed by atoms with Gasteiger partial charge in [-0.05, 0) is 78.7 Å². The van der Waals surface area contributed by atoms with Crippen molar-refractivity contribution < 1.29 is 45.6 Å². The van der Waals surface area contributed by atoms with E-state index < -0.39 is 17.6 Å². The Hall–Kier alpha value is -0.166. The van der Waals surface area contributed by atoms with Gasteiger partial charge in [-0.25, -0.2) is 0 Å². The Bertz CT molecular complexity index is 576. The SMILES string of the molecule is CCO[Si](CCCSCCC(=O)OCCCCOC(=O)CCSCCC[Si](OCC)(OCC)OCC)(OCC)OCC. The Morgan fingerprint density at radius 3 is 1.07 bits per heavy atom. The minimum Gasteiger partial charge on any atom is -0.466 e. The molecule has 42 heavy (non-hydrogen) atoms. The van der Waals surface area contributed by atoms with Crippen molar-refractivity contribution in [2.24, 2.45) is 0 Å². The highest BCUT2D eigenvalue weighted by Gasteiger charge is 2.40. The lowest BCUT2D eigenvalue weighted by molar-refractivity contribution is -0.145. The third-order valence-electron chi connectivity index (χ3n) is 5.69. The van der Waals surface area contributed by atoms with Gasteiger partial charge in [-0.1, -0.05) is 0 Å². The quantitative estimate of drug-likeness (QED) is 0.0491. The zero-order chi connectivity index (χ0) is 31.4. The summed E-state index contributed by atoms with van der Waals surface area (Å²) < 4.78 is 45.8. The van der Waals surface area contributed by atoms with Crippen LogP contribution in [0.2, 0.25) is 12.1 Å². The Kier molecular flexibility index (Phi) is 28.2. The van der Waals surface area contributed by atoms with Crippen LogP contribution in [0.25, 0.3) is 0 Å². The van der Waals surface area contributed by atoms with Crippen molar-refractivity contribution in [2.75, 3.05) is 75.9 Å². The molecule has 14 heteroatoms. The molecule has 250 valence electrons. The lowest BCUT2D eigenvalue weighted by Gasteiger charge is -2.28. The predicted molar refractivity (Wildman–Crippen MR) is 175 cm³/mol. The van der Waals surface area contributed by atoms with Gasteiger partial charge in [-0.15, -0.1) is 0 Å². The second-order valence-electron chi connectivity index (χ2n) is 9.04. The van der Waals surface area contributed by atoms with Gasteiger partial charge in [0.2, 0.25) is 0 Å². The highest BCUT2D eigenvalue weighted by molar-refractivity contribution is 7.99. The monoisotopic (exact) mass is 674 g/mol. The lowest BCUT2D eigenvalue weighted by atomic mass is 10.3. The number of unbranched alkanes of at least 4 members (excludes halogenated alkanes) is 1. The molecule has 0 spiro atoms. The van der Waals surface area contributed by atoms with E-state index >= 15 is 0 Å². The van der Waals surface area contributed by atoms with E-state index in [4.69, 9.17) is 36.0 Å². The van der Waals surface area contributed by atoms with Crippen LogP contribution in [0.5, 0.6) is 0 Å². The number of hydrogen-bond donors (Lipinski definition) is 0. The molecule has 0 aromatic carbocycles. The first-order valence-corrected chi connectivity index (χ1v) is 21.8. The molecule has 0 rings (SSSR count). The van der Waals surface area contributed by atoms with Crippen LogP contribution in [0, 0.1) is 0 Å². The summed E-state index contributed by atoms with van der Waals surface area (Å²) in [6.07, 6.45) is 3.95. The van der Waals surface area contributed by atoms with Crippen molar-refractivity contribution in [2.45, 2.75) is 92.2 Å². The fourth-order valence-corrected chi connectivity index (χ4v) is 11.5. The van der Waals surface area contributed by atoms with Gasteiger partial charge in [0.05, 0.1) is 26.1 Å². The van der Waals surface area contributed by atoms with Gasteiger partial charge in [0, 0.05) is 63.2 Å². The average molecular weight is 675 g/mol. The van der Waals surface area contributed by atoms with E-state index in [2.05, 4.69) is 0 Å². The van der Waals surface area contributed by atoms with Crippen LogP contribution in [0.3, 0.4) is 0 Å². The van der Waals surface area contributed by atoms with E-state index in [1.54, 1.807) is 23.5 Å². The molecule has 0 aliphatic rings. The first-order valence-electron chi connectivity index (χ1n) is 15.7. The smallest absolute Gasteiger partial charge is 0.466 e. The fourth-order valence-electron chi connectivity index (χ4n) is 4.02. The van der Waals surface area contributed by atoms with Gasteiger partial charge in [0.1, 0.15) is 0 Å². The van der Waals surface area contributed by atoms with Crippen LogP contribution in [-0.2, 0) is 45.6 Å². The molecule has 0 saturated heterocycles. The zero-order valence-corrected chi connectivity index (χ0v) is 30.7. The third-order valence-corrected chi connectivity index (χ3v) is 14.1. The summed E-state index contributed by atoms with van der Waals surface area (Å²) in [6.45, 7) is 15.9. The molecule has 0 saturated carbocycles. The summed E-state index contributed by atoms with van der Waals surface area (Å²) >= 11 is 3.45. The molecule has 0 aromatic heterocycles. The number of esters is 2. The van der Waals surface area contributed by atoms with Gasteiger partial charge in [0.15, 0.2) is 0 Å². The first-order chi connectivity index (χ1) is 20.4. The molecule has 0 radical (unpaired) electrons.